The van der Waals surface area contributed by atoms with E-state index in [9.17, 15) is 5.11 Å². The molecule has 0 aromatic rings. The normalized spacial score (nSPS) is 36.4. The lowest BCUT2D eigenvalue weighted by Gasteiger charge is -2.37. The first kappa shape index (κ1) is 18.0. The Morgan fingerprint density at radius 3 is 2.57 bits per heavy atom. The van der Waals surface area contributed by atoms with Crippen molar-refractivity contribution >= 4 is 0 Å². The second-order valence-corrected chi connectivity index (χ2v) is 7.55. The number of hydrogen-bond acceptors (Lipinski definition) is 3. The zero-order valence-corrected chi connectivity index (χ0v) is 14.8. The lowest BCUT2D eigenvalue weighted by Crippen LogP contribution is -2.46. The number of aliphatic hydroxyl groups excluding tert-OH is 2. The van der Waals surface area contributed by atoms with Gasteiger partial charge in [-0.15, -0.1) is 0 Å². The number of epoxide rings is 1. The second kappa shape index (κ2) is 6.28. The zero-order valence-electron chi connectivity index (χ0n) is 14.8. The molecule has 2 fully saturated rings. The molecule has 0 aromatic carbocycles. The summed E-state index contributed by atoms with van der Waals surface area (Å²) in [6.07, 6.45) is 8.65. The van der Waals surface area contributed by atoms with Gasteiger partial charge in [0.05, 0.1) is 12.7 Å². The maximum absolute atomic E-state index is 10.0. The number of fused-ring (bicyclic) bond motifs is 1. The van der Waals surface area contributed by atoms with Crippen LogP contribution in [0.2, 0.25) is 0 Å². The molecule has 3 atom stereocenters. The van der Waals surface area contributed by atoms with Crippen LogP contribution >= 0.6 is 0 Å². The van der Waals surface area contributed by atoms with Gasteiger partial charge in [-0.25, -0.2) is 0 Å². The Morgan fingerprint density at radius 2 is 1.96 bits per heavy atom. The van der Waals surface area contributed by atoms with Gasteiger partial charge in [-0.3, -0.25) is 0 Å². The fourth-order valence-corrected chi connectivity index (χ4v) is 3.72. The summed E-state index contributed by atoms with van der Waals surface area (Å²) in [6.45, 7) is 10.3. The lowest BCUT2D eigenvalue weighted by molar-refractivity contribution is 0.0542. The fourth-order valence-electron chi connectivity index (χ4n) is 3.72. The molecule has 1 heterocycles. The van der Waals surface area contributed by atoms with Crippen molar-refractivity contribution < 1.29 is 14.9 Å². The van der Waals surface area contributed by atoms with E-state index in [0.29, 0.717) is 12.8 Å². The average Bonchev–Trinajstić information content (AvgIpc) is 3.03. The van der Waals surface area contributed by atoms with Crippen molar-refractivity contribution in [1.82, 2.24) is 0 Å². The molecule has 0 spiro atoms. The van der Waals surface area contributed by atoms with Crippen LogP contribution in [-0.2, 0) is 4.74 Å². The number of ether oxygens (including phenoxy) is 1. The van der Waals surface area contributed by atoms with Crippen LogP contribution in [0.5, 0.6) is 0 Å². The zero-order chi connectivity index (χ0) is 17.3. The van der Waals surface area contributed by atoms with E-state index in [0.717, 1.165) is 11.1 Å². The van der Waals surface area contributed by atoms with Crippen LogP contribution in [0.4, 0.5) is 0 Å². The summed E-state index contributed by atoms with van der Waals surface area (Å²) < 4.78 is 6.05. The van der Waals surface area contributed by atoms with E-state index in [-0.39, 0.29) is 23.7 Å². The highest BCUT2D eigenvalue weighted by Crippen LogP contribution is 2.64. The minimum Gasteiger partial charge on any atom is -0.393 e. The summed E-state index contributed by atoms with van der Waals surface area (Å²) in [5.74, 6) is 6.57. The van der Waals surface area contributed by atoms with Gasteiger partial charge in [-0.1, -0.05) is 55.6 Å². The van der Waals surface area contributed by atoms with Gasteiger partial charge < -0.3 is 14.9 Å². The molecule has 23 heavy (non-hydrogen) atoms. The molecule has 0 amide bonds. The smallest absolute Gasteiger partial charge is 0.163 e. The van der Waals surface area contributed by atoms with Crippen molar-refractivity contribution in [3.8, 4) is 11.8 Å². The maximum atomic E-state index is 10.0. The van der Waals surface area contributed by atoms with Gasteiger partial charge in [0.1, 0.15) is 5.60 Å². The Labute approximate surface area is 139 Å². The molecule has 1 saturated carbocycles. The summed E-state index contributed by atoms with van der Waals surface area (Å²) in [5, 5.41) is 18.9. The molecule has 0 radical (unpaired) electrons. The van der Waals surface area contributed by atoms with Crippen LogP contribution in [-0.4, -0.2) is 34.1 Å². The van der Waals surface area contributed by atoms with Crippen LogP contribution in [0.3, 0.4) is 0 Å². The van der Waals surface area contributed by atoms with Crippen LogP contribution in [0.1, 0.15) is 47.5 Å². The third-order valence-corrected chi connectivity index (χ3v) is 4.96. The van der Waals surface area contributed by atoms with E-state index in [1.165, 1.54) is 0 Å². The van der Waals surface area contributed by atoms with Crippen LogP contribution in [0.15, 0.2) is 35.5 Å². The molecule has 1 aliphatic carbocycles. The van der Waals surface area contributed by atoms with Crippen molar-refractivity contribution in [2.24, 2.45) is 5.41 Å². The van der Waals surface area contributed by atoms with Crippen LogP contribution < -0.4 is 0 Å². The predicted octanol–water partition coefficient (Wildman–Crippen LogP) is 3.14. The first-order valence-electron chi connectivity index (χ1n) is 8.20. The molecule has 1 aliphatic heterocycles. The van der Waals surface area contributed by atoms with E-state index >= 15 is 0 Å². The maximum Gasteiger partial charge on any atom is 0.163 e. The number of rotatable bonds is 3. The standard InChI is InChI=1S/C20H28O3/c1-15(7-6-8-16(2)10-12-21)9-11-20-18(3,4)13-17(22)14-19(20,5)23-20/h6-8,10,17,21-22H,12-14H2,1-5H3/b8-6+,15-7+,16-10+/t17-,19+,20-/m0/s1. The summed E-state index contributed by atoms with van der Waals surface area (Å²) in [5.41, 5.74) is 1.03. The largest absolute Gasteiger partial charge is 0.393 e. The Bertz CT molecular complexity index is 615. The van der Waals surface area contributed by atoms with Gasteiger partial charge in [0, 0.05) is 11.8 Å². The Kier molecular flexibility index (Phi) is 4.92. The summed E-state index contributed by atoms with van der Waals surface area (Å²) in [7, 11) is 0. The third kappa shape index (κ3) is 3.45. The second-order valence-electron chi connectivity index (χ2n) is 7.55. The van der Waals surface area contributed by atoms with Crippen LogP contribution in [0.25, 0.3) is 0 Å². The molecule has 3 heteroatoms. The van der Waals surface area contributed by atoms with E-state index < -0.39 is 5.60 Å². The highest BCUT2D eigenvalue weighted by atomic mass is 16.6. The molecular weight excluding hydrogens is 288 g/mol. The molecule has 1 saturated heterocycles. The fraction of sp³-hybridized carbons (Fsp3) is 0.600. The third-order valence-electron chi connectivity index (χ3n) is 4.96. The van der Waals surface area contributed by atoms with Gasteiger partial charge in [-0.05, 0) is 32.8 Å². The summed E-state index contributed by atoms with van der Waals surface area (Å²) in [6, 6.07) is 0. The van der Waals surface area contributed by atoms with Crippen molar-refractivity contribution in [3.63, 3.8) is 0 Å². The minimum absolute atomic E-state index is 0.0536. The van der Waals surface area contributed by atoms with E-state index in [4.69, 9.17) is 9.84 Å². The molecule has 0 unspecified atom stereocenters. The molecule has 126 valence electrons. The molecule has 2 aliphatic rings. The Hall–Kier alpha value is -1.34. The highest BCUT2D eigenvalue weighted by molar-refractivity contribution is 5.43. The van der Waals surface area contributed by atoms with Gasteiger partial charge in [0.2, 0.25) is 0 Å². The molecule has 0 bridgehead atoms. The molecule has 2 rings (SSSR count). The van der Waals surface area contributed by atoms with Crippen molar-refractivity contribution in [2.45, 2.75) is 64.8 Å². The molecule has 3 nitrogen and oxygen atoms in total. The first-order valence-corrected chi connectivity index (χ1v) is 8.20. The lowest BCUT2D eigenvalue weighted by atomic mass is 9.63. The van der Waals surface area contributed by atoms with E-state index in [1.807, 2.05) is 39.0 Å². The van der Waals surface area contributed by atoms with Crippen molar-refractivity contribution in [1.29, 1.82) is 0 Å². The van der Waals surface area contributed by atoms with Crippen LogP contribution in [0, 0.1) is 17.3 Å². The highest BCUT2D eigenvalue weighted by Gasteiger charge is 2.75. The molecule has 0 aromatic heterocycles. The molecule has 2 N–H and O–H groups in total. The van der Waals surface area contributed by atoms with Gasteiger partial charge in [0.25, 0.3) is 0 Å². The predicted molar refractivity (Wildman–Crippen MR) is 92.8 cm³/mol. The minimum atomic E-state index is -0.454. The Morgan fingerprint density at radius 1 is 1.26 bits per heavy atom. The Balaban J connectivity index is 2.14. The topological polar surface area (TPSA) is 53.0 Å². The van der Waals surface area contributed by atoms with Crippen molar-refractivity contribution in [3.05, 3.63) is 35.5 Å². The quantitative estimate of drug-likeness (QED) is 0.478. The average molecular weight is 316 g/mol. The molecular formula is C20H28O3. The summed E-state index contributed by atoms with van der Waals surface area (Å²) >= 11 is 0. The van der Waals surface area contributed by atoms with Gasteiger partial charge in [-0.2, -0.15) is 0 Å². The first-order chi connectivity index (χ1) is 10.7. The van der Waals surface area contributed by atoms with Crippen molar-refractivity contribution in [2.75, 3.05) is 6.61 Å². The van der Waals surface area contributed by atoms with Gasteiger partial charge in [0.15, 0.2) is 5.60 Å². The number of hydrogen-bond donors (Lipinski definition) is 2. The monoisotopic (exact) mass is 316 g/mol. The number of allylic oxidation sites excluding steroid dienone is 5. The van der Waals surface area contributed by atoms with E-state index in [1.54, 1.807) is 6.08 Å². The number of aliphatic hydroxyl groups is 2. The van der Waals surface area contributed by atoms with E-state index in [2.05, 4.69) is 25.7 Å². The summed E-state index contributed by atoms with van der Waals surface area (Å²) in [4.78, 5) is 0. The van der Waals surface area contributed by atoms with Gasteiger partial charge >= 0.3 is 0 Å². The SMILES string of the molecule is C\C(C#C[C@@]12O[C@]1(C)C[C@@H](O)CC2(C)C)=C/C=C/C(C)=C/CO.